The van der Waals surface area contributed by atoms with Crippen molar-refractivity contribution in [3.63, 3.8) is 0 Å². The minimum atomic E-state index is -0.279. The summed E-state index contributed by atoms with van der Waals surface area (Å²) >= 11 is 0. The van der Waals surface area contributed by atoms with Crippen molar-refractivity contribution >= 4 is 291 Å². The molecule has 34 rings (SSSR count). The molecule has 0 bridgehead atoms. The standard InChI is InChI=1S/C68H10N2/c1-5-7-3-67-63-55-47-37-27-19-11-9-10-13-17-15(11)23-31-25(17)35-29-21(13)22-14(10)18-16-12(9)20(19)28-34-24(16)32-26(18)36-30(22)40-39(29)49-43(35)53-45(31)51(41(47)33(23)27)57(63)61(53)65-59(49)60-50(40)44(36)54-46(32)52-42(34)48(38(28)37)56(55)64(67)58(52)62(54)66(60)68(65,67)4-8(7)70-6(2)69-5/h3-4H2,1-2H3. The van der Waals surface area contributed by atoms with Gasteiger partial charge in [0.05, 0.1) is 0 Å². The van der Waals surface area contributed by atoms with Crippen LogP contribution in [0.2, 0.25) is 0 Å². The van der Waals surface area contributed by atoms with Crippen LogP contribution in [0.4, 0.5) is 0 Å². The van der Waals surface area contributed by atoms with Crippen LogP contribution in [0.25, 0.3) is 291 Å². The summed E-state index contributed by atoms with van der Waals surface area (Å²) in [6, 6.07) is 0. The zero-order valence-electron chi connectivity index (χ0n) is 36.3. The normalized spacial score (nSPS) is 22.4. The number of fused-ring (bicyclic) bond motifs is 1. The van der Waals surface area contributed by atoms with Gasteiger partial charge < -0.3 is 0 Å². The van der Waals surface area contributed by atoms with E-state index in [0.717, 1.165) is 18.7 Å². The number of nitrogens with zero attached hydrogens (tertiary/aromatic N) is 2. The Morgan fingerprint density at radius 2 is 0.386 bits per heavy atom. The predicted molar refractivity (Wildman–Crippen MR) is 293 cm³/mol. The van der Waals surface area contributed by atoms with Crippen molar-refractivity contribution in [3.8, 4) is 0 Å². The van der Waals surface area contributed by atoms with Crippen LogP contribution in [0.1, 0.15) is 45.0 Å². The largest absolute Gasteiger partial charge is 0.238 e. The first-order valence-corrected chi connectivity index (χ1v) is 26.3. The van der Waals surface area contributed by atoms with Crippen LogP contribution in [0.3, 0.4) is 0 Å². The van der Waals surface area contributed by atoms with Crippen LogP contribution in [0.15, 0.2) is 0 Å². The second kappa shape index (κ2) is 5.73. The van der Waals surface area contributed by atoms with Crippen LogP contribution >= 0.6 is 0 Å². The van der Waals surface area contributed by atoms with E-state index in [1.54, 1.807) is 313 Å². The lowest BCUT2D eigenvalue weighted by atomic mass is 9.43. The molecule has 5 aliphatic carbocycles. The van der Waals surface area contributed by atoms with E-state index in [9.17, 15) is 0 Å². The van der Waals surface area contributed by atoms with Crippen LogP contribution in [-0.2, 0) is 23.7 Å². The first-order chi connectivity index (χ1) is 34.7. The van der Waals surface area contributed by atoms with Crippen molar-refractivity contribution in [3.05, 3.63) is 45.0 Å². The maximum absolute atomic E-state index is 5.67. The lowest BCUT2D eigenvalue weighted by Gasteiger charge is -2.57. The van der Waals surface area contributed by atoms with Crippen molar-refractivity contribution in [1.82, 2.24) is 9.97 Å². The third-order valence-electron chi connectivity index (χ3n) is 26.0. The highest BCUT2D eigenvalue weighted by Gasteiger charge is 2.71. The van der Waals surface area contributed by atoms with Crippen molar-refractivity contribution in [1.29, 1.82) is 0 Å². The molecule has 292 valence electrons. The van der Waals surface area contributed by atoms with Gasteiger partial charge in [0, 0.05) is 28.6 Å². The molecule has 0 fully saturated rings. The van der Waals surface area contributed by atoms with E-state index >= 15 is 0 Å². The van der Waals surface area contributed by atoms with E-state index in [4.69, 9.17) is 9.97 Å². The van der Waals surface area contributed by atoms with Gasteiger partial charge in [-0.15, -0.1) is 0 Å². The monoisotopic (exact) mass is 854 g/mol. The van der Waals surface area contributed by atoms with Crippen molar-refractivity contribution in [2.45, 2.75) is 37.5 Å². The van der Waals surface area contributed by atoms with E-state index in [1.807, 2.05) is 0 Å². The number of aryl methyl sites for hydroxylation is 2. The van der Waals surface area contributed by atoms with Crippen molar-refractivity contribution in [2.75, 3.05) is 0 Å². The highest BCUT2D eigenvalue weighted by atomic mass is 14.9. The Labute approximate surface area is 381 Å². The second-order valence-corrected chi connectivity index (χ2v) is 26.2. The quantitative estimate of drug-likeness (QED) is 0.142. The number of hydrogen-bond acceptors (Lipinski definition) is 2. The van der Waals surface area contributed by atoms with Gasteiger partial charge in [0.25, 0.3) is 0 Å². The van der Waals surface area contributed by atoms with E-state index in [-0.39, 0.29) is 10.8 Å². The van der Waals surface area contributed by atoms with Crippen LogP contribution in [0, 0.1) is 13.8 Å². The Kier molecular flexibility index (Phi) is 2.11. The van der Waals surface area contributed by atoms with Gasteiger partial charge in [0.2, 0.25) is 0 Å². The first kappa shape index (κ1) is 25.8. The highest BCUT2D eigenvalue weighted by Crippen LogP contribution is 2.85. The molecule has 28 aromatic carbocycles. The number of rotatable bonds is 0. The molecule has 0 N–H and O–H groups in total. The molecule has 0 unspecified atom stereocenters. The highest BCUT2D eigenvalue weighted by molar-refractivity contribution is 6.82. The SMILES string of the molecule is Cc1nc(C)c2c(n1)CC13c4c5c6c7c8c9c(c%10c%11c1c1c4c4c%12c5c5c6c6c8c8c%13c9c9c%10c%10c%11c%11c1c1c4c4c%12c%12c5c5c6c8c6c8c%13c9c9c%10c%10c%11c1c1c4c4c%12c5c6c5c8c9c%10c1c45)C73C2. The fourth-order valence-electron chi connectivity index (χ4n) is 25.9. The van der Waals surface area contributed by atoms with Gasteiger partial charge >= 0.3 is 0 Å². The molecule has 29 aromatic rings. The Balaban J connectivity index is 1.19. The summed E-state index contributed by atoms with van der Waals surface area (Å²) < 4.78 is 0. The van der Waals surface area contributed by atoms with E-state index < -0.39 is 0 Å². The van der Waals surface area contributed by atoms with Crippen molar-refractivity contribution < 1.29 is 0 Å². The maximum Gasteiger partial charge on any atom is 0.125 e. The molecule has 0 radical (unpaired) electrons. The van der Waals surface area contributed by atoms with E-state index in [2.05, 4.69) is 13.8 Å². The molecule has 0 saturated carbocycles. The van der Waals surface area contributed by atoms with E-state index in [0.29, 0.717) is 0 Å². The molecule has 70 heavy (non-hydrogen) atoms. The summed E-state index contributed by atoms with van der Waals surface area (Å²) in [5.74, 6) is 0.941. The zero-order chi connectivity index (χ0) is 41.6. The topological polar surface area (TPSA) is 25.8 Å². The molecule has 2 spiro atoms. The van der Waals surface area contributed by atoms with Gasteiger partial charge in [-0.2, -0.15) is 0 Å². The Hall–Kier alpha value is -8.46. The Morgan fingerprint density at radius 3 is 0.586 bits per heavy atom. The number of hydrogen-bond donors (Lipinski definition) is 0. The average molecular weight is 855 g/mol. The van der Waals surface area contributed by atoms with Gasteiger partial charge in [0.1, 0.15) is 5.82 Å². The summed E-state index contributed by atoms with van der Waals surface area (Å²) in [4.78, 5) is 11.0. The number of benzene rings is 18. The lowest BCUT2D eigenvalue weighted by molar-refractivity contribution is 0.292. The van der Waals surface area contributed by atoms with Crippen LogP contribution < -0.4 is 0 Å². The third-order valence-corrected chi connectivity index (χ3v) is 26.0. The van der Waals surface area contributed by atoms with Crippen LogP contribution in [0.5, 0.6) is 0 Å². The molecule has 2 nitrogen and oxygen atoms in total. The van der Waals surface area contributed by atoms with Gasteiger partial charge in [0.15, 0.2) is 0 Å². The Bertz CT molecular complexity index is 7270. The maximum atomic E-state index is 5.67. The molecule has 2 heteroatoms. The summed E-state index contributed by atoms with van der Waals surface area (Å²) in [6.45, 7) is 4.51. The van der Waals surface area contributed by atoms with Gasteiger partial charge in [-0.25, -0.2) is 9.97 Å². The zero-order valence-corrected chi connectivity index (χ0v) is 36.3. The summed E-state index contributed by atoms with van der Waals surface area (Å²) in [6.07, 6.45) is 1.95. The van der Waals surface area contributed by atoms with Crippen molar-refractivity contribution in [2.24, 2.45) is 0 Å². The third kappa shape index (κ3) is 1.34. The van der Waals surface area contributed by atoms with Crippen LogP contribution in [-0.4, -0.2) is 9.97 Å². The molecule has 1 heterocycles. The minimum absolute atomic E-state index is 0.269. The molecule has 1 aromatic heterocycles. The van der Waals surface area contributed by atoms with E-state index in [1.165, 1.54) is 17.0 Å². The predicted octanol–water partition coefficient (Wildman–Crippen LogP) is 17.5. The number of aromatic nitrogens is 2. The molecular formula is C68H10N2. The summed E-state index contributed by atoms with van der Waals surface area (Å²) in [7, 11) is 0. The fraction of sp³-hybridized carbons (Fsp3) is 0.0882. The van der Waals surface area contributed by atoms with Gasteiger partial charge in [-0.05, 0) is 339 Å². The summed E-state index contributed by atoms with van der Waals surface area (Å²) in [5, 5.41) is 90.0. The van der Waals surface area contributed by atoms with Gasteiger partial charge in [-0.3, -0.25) is 0 Å². The fourth-order valence-corrected chi connectivity index (χ4v) is 25.9. The lowest BCUT2D eigenvalue weighted by Crippen LogP contribution is -2.57. The minimum Gasteiger partial charge on any atom is -0.238 e. The molecule has 5 aliphatic rings. The molecule has 0 atom stereocenters. The van der Waals surface area contributed by atoms with Gasteiger partial charge in [-0.1, -0.05) is 0 Å². The summed E-state index contributed by atoms with van der Waals surface area (Å²) in [5.41, 5.74) is 10.5. The molecular weight excluding hydrogens is 845 g/mol. The second-order valence-electron chi connectivity index (χ2n) is 26.2. The first-order valence-electron chi connectivity index (χ1n) is 26.3. The molecule has 0 amide bonds. The molecule has 0 aliphatic heterocycles. The average Bonchev–Trinajstić information content (AvgIpc) is 4.22. The smallest absolute Gasteiger partial charge is 0.125 e. The Morgan fingerprint density at radius 1 is 0.214 bits per heavy atom. The molecule has 0 saturated heterocycles.